The molecule has 50 valence electrons. The van der Waals surface area contributed by atoms with Crippen LogP contribution in [0.3, 0.4) is 0 Å². The summed E-state index contributed by atoms with van der Waals surface area (Å²) < 4.78 is 1.55. The number of halogens is 1. The third kappa shape index (κ3) is 1.18. The quantitative estimate of drug-likeness (QED) is 0.543. The summed E-state index contributed by atoms with van der Waals surface area (Å²) in [7, 11) is 1.76. The molecule has 0 amide bonds. The van der Waals surface area contributed by atoms with E-state index in [-0.39, 0.29) is 5.38 Å². The normalized spacial score (nSPS) is 13.7. The van der Waals surface area contributed by atoms with Gasteiger partial charge in [0, 0.05) is 7.05 Å². The minimum atomic E-state index is -0.120. The molecule has 1 unspecified atom stereocenters. The van der Waals surface area contributed by atoms with Crippen LogP contribution in [0.15, 0.2) is 0 Å². The van der Waals surface area contributed by atoms with Gasteiger partial charge in [-0.3, -0.25) is 0 Å². The zero-order valence-electron chi connectivity index (χ0n) is 5.24. The maximum absolute atomic E-state index is 5.69. The Bertz CT molecular complexity index is 194. The molecule has 5 heteroatoms. The fourth-order valence-corrected chi connectivity index (χ4v) is 0.758. The molecule has 1 aromatic heterocycles. The van der Waals surface area contributed by atoms with Crippen LogP contribution in [0.25, 0.3) is 0 Å². The number of rotatable bonds is 1. The van der Waals surface area contributed by atoms with Crippen molar-refractivity contribution >= 4 is 11.6 Å². The zero-order chi connectivity index (χ0) is 6.85. The molecular formula is C4H7ClN4. The average molecular weight is 147 g/mol. The van der Waals surface area contributed by atoms with Gasteiger partial charge in [-0.15, -0.1) is 16.7 Å². The zero-order valence-corrected chi connectivity index (χ0v) is 6.00. The molecule has 4 nitrogen and oxygen atoms in total. The van der Waals surface area contributed by atoms with Crippen molar-refractivity contribution in [2.45, 2.75) is 12.3 Å². The maximum atomic E-state index is 5.69. The number of nitrogens with zero attached hydrogens (tertiary/aromatic N) is 4. The van der Waals surface area contributed by atoms with Gasteiger partial charge in [0.25, 0.3) is 0 Å². The summed E-state index contributed by atoms with van der Waals surface area (Å²) in [5, 5.41) is 10.6. The smallest absolute Gasteiger partial charge is 0.168 e. The highest BCUT2D eigenvalue weighted by Gasteiger charge is 2.06. The second-order valence-corrected chi connectivity index (χ2v) is 2.43. The van der Waals surface area contributed by atoms with Crippen molar-refractivity contribution in [3.63, 3.8) is 0 Å². The van der Waals surface area contributed by atoms with Crippen LogP contribution in [-0.2, 0) is 7.05 Å². The van der Waals surface area contributed by atoms with Gasteiger partial charge in [-0.25, -0.2) is 4.68 Å². The molecule has 1 rings (SSSR count). The van der Waals surface area contributed by atoms with E-state index in [2.05, 4.69) is 15.5 Å². The lowest BCUT2D eigenvalue weighted by Crippen LogP contribution is -1.99. The predicted octanol–water partition coefficient (Wildman–Crippen LogP) is 0.510. The van der Waals surface area contributed by atoms with Crippen molar-refractivity contribution in [1.29, 1.82) is 0 Å². The second kappa shape index (κ2) is 2.31. The van der Waals surface area contributed by atoms with E-state index in [0.717, 1.165) is 0 Å². The van der Waals surface area contributed by atoms with Crippen LogP contribution in [0.5, 0.6) is 0 Å². The van der Waals surface area contributed by atoms with Gasteiger partial charge in [0.2, 0.25) is 0 Å². The van der Waals surface area contributed by atoms with Crippen LogP contribution in [0.2, 0.25) is 0 Å². The van der Waals surface area contributed by atoms with Gasteiger partial charge in [0.05, 0.1) is 5.38 Å². The van der Waals surface area contributed by atoms with Crippen LogP contribution >= 0.6 is 11.6 Å². The van der Waals surface area contributed by atoms with Crippen LogP contribution in [0.4, 0.5) is 0 Å². The fourth-order valence-electron chi connectivity index (χ4n) is 0.573. The van der Waals surface area contributed by atoms with Gasteiger partial charge < -0.3 is 0 Å². The average Bonchev–Trinajstić information content (AvgIpc) is 2.13. The Balaban J connectivity index is 2.94. The van der Waals surface area contributed by atoms with Gasteiger partial charge in [-0.05, 0) is 17.4 Å². The van der Waals surface area contributed by atoms with E-state index in [0.29, 0.717) is 5.82 Å². The standard InChI is InChI=1S/C4H7ClN4/c1-3(5)4-6-7-8-9(4)2/h3H,1-2H3. The van der Waals surface area contributed by atoms with Gasteiger partial charge >= 0.3 is 0 Å². The van der Waals surface area contributed by atoms with Crippen molar-refractivity contribution in [2.24, 2.45) is 7.05 Å². The monoisotopic (exact) mass is 146 g/mol. The Labute approximate surface area is 57.8 Å². The summed E-state index contributed by atoms with van der Waals surface area (Å²) in [6.45, 7) is 1.83. The highest BCUT2D eigenvalue weighted by Crippen LogP contribution is 2.13. The van der Waals surface area contributed by atoms with Crippen molar-refractivity contribution in [3.8, 4) is 0 Å². The van der Waals surface area contributed by atoms with Crippen molar-refractivity contribution in [2.75, 3.05) is 0 Å². The Kier molecular flexibility index (Phi) is 1.66. The fraction of sp³-hybridized carbons (Fsp3) is 0.750. The molecule has 9 heavy (non-hydrogen) atoms. The Hall–Kier alpha value is -0.640. The van der Waals surface area contributed by atoms with Gasteiger partial charge in [-0.1, -0.05) is 0 Å². The molecule has 0 spiro atoms. The van der Waals surface area contributed by atoms with Gasteiger partial charge in [0.1, 0.15) is 0 Å². The van der Waals surface area contributed by atoms with E-state index in [9.17, 15) is 0 Å². The molecular weight excluding hydrogens is 140 g/mol. The number of alkyl halides is 1. The molecule has 0 fully saturated rings. The summed E-state index contributed by atoms with van der Waals surface area (Å²) in [4.78, 5) is 0. The molecule has 0 radical (unpaired) electrons. The largest absolute Gasteiger partial charge is 0.231 e. The number of aromatic nitrogens is 4. The molecule has 0 N–H and O–H groups in total. The SMILES string of the molecule is CC(Cl)c1nnnn1C. The summed E-state index contributed by atoms with van der Waals surface area (Å²) in [6.07, 6.45) is 0. The molecule has 0 bridgehead atoms. The Morgan fingerprint density at radius 2 is 2.33 bits per heavy atom. The minimum absolute atomic E-state index is 0.120. The van der Waals surface area contributed by atoms with Crippen LogP contribution < -0.4 is 0 Å². The lowest BCUT2D eigenvalue weighted by atomic mass is 10.4. The van der Waals surface area contributed by atoms with Crippen LogP contribution in [0.1, 0.15) is 18.1 Å². The molecule has 1 heterocycles. The third-order valence-electron chi connectivity index (χ3n) is 1.01. The molecule has 0 saturated carbocycles. The molecule has 0 aliphatic heterocycles. The summed E-state index contributed by atoms with van der Waals surface area (Å²) in [5.74, 6) is 0.691. The lowest BCUT2D eigenvalue weighted by molar-refractivity contribution is 0.677. The predicted molar refractivity (Wildman–Crippen MR) is 33.1 cm³/mol. The van der Waals surface area contributed by atoms with E-state index in [1.807, 2.05) is 6.92 Å². The highest BCUT2D eigenvalue weighted by atomic mass is 35.5. The Morgan fingerprint density at radius 1 is 1.67 bits per heavy atom. The maximum Gasteiger partial charge on any atom is 0.168 e. The summed E-state index contributed by atoms with van der Waals surface area (Å²) in [5.41, 5.74) is 0. The van der Waals surface area contributed by atoms with Crippen molar-refractivity contribution < 1.29 is 0 Å². The summed E-state index contributed by atoms with van der Waals surface area (Å²) in [6, 6.07) is 0. The number of aryl methyl sites for hydroxylation is 1. The lowest BCUT2D eigenvalue weighted by Gasteiger charge is -1.96. The molecule has 0 aliphatic carbocycles. The van der Waals surface area contributed by atoms with E-state index < -0.39 is 0 Å². The van der Waals surface area contributed by atoms with Crippen molar-refractivity contribution in [1.82, 2.24) is 20.2 Å². The number of hydrogen-bond donors (Lipinski definition) is 0. The molecule has 0 aliphatic rings. The van der Waals surface area contributed by atoms with E-state index in [1.165, 1.54) is 0 Å². The second-order valence-electron chi connectivity index (χ2n) is 1.78. The number of hydrogen-bond acceptors (Lipinski definition) is 3. The molecule has 1 aromatic rings. The molecule has 1 atom stereocenters. The third-order valence-corrected chi connectivity index (χ3v) is 1.20. The summed E-state index contributed by atoms with van der Waals surface area (Å²) >= 11 is 5.69. The Morgan fingerprint density at radius 3 is 2.56 bits per heavy atom. The minimum Gasteiger partial charge on any atom is -0.231 e. The van der Waals surface area contributed by atoms with Crippen LogP contribution in [0, 0.1) is 0 Å². The number of tetrazole rings is 1. The van der Waals surface area contributed by atoms with Crippen molar-refractivity contribution in [3.05, 3.63) is 5.82 Å². The van der Waals surface area contributed by atoms with E-state index >= 15 is 0 Å². The van der Waals surface area contributed by atoms with Gasteiger partial charge in [-0.2, -0.15) is 0 Å². The van der Waals surface area contributed by atoms with Crippen LogP contribution in [-0.4, -0.2) is 20.2 Å². The first kappa shape index (κ1) is 6.48. The topological polar surface area (TPSA) is 43.6 Å². The van der Waals surface area contributed by atoms with Gasteiger partial charge in [0.15, 0.2) is 5.82 Å². The first-order valence-corrected chi connectivity index (χ1v) is 3.02. The molecule has 0 aromatic carbocycles. The highest BCUT2D eigenvalue weighted by molar-refractivity contribution is 6.20. The van der Waals surface area contributed by atoms with E-state index in [1.54, 1.807) is 11.7 Å². The first-order valence-electron chi connectivity index (χ1n) is 2.58. The molecule has 0 saturated heterocycles. The van der Waals surface area contributed by atoms with E-state index in [4.69, 9.17) is 11.6 Å². The first-order chi connectivity index (χ1) is 4.22.